The third-order valence-electron chi connectivity index (χ3n) is 3.53. The van der Waals surface area contributed by atoms with Crippen LogP contribution in [-0.4, -0.2) is 26.7 Å². The summed E-state index contributed by atoms with van der Waals surface area (Å²) in [6, 6.07) is 14.0. The Labute approximate surface area is 152 Å². The minimum Gasteiger partial charge on any atom is -0.497 e. The lowest BCUT2D eigenvalue weighted by molar-refractivity contribution is -0.112. The molecule has 0 aliphatic rings. The standard InChI is InChI=1S/C20H20N2O4/c1-4-26-17-9-6-16(7-10-17)22-20(23)15(13-21)11-14-5-8-18(24-2)12-19(14)25-3/h5-12H,4H2,1-3H3,(H,22,23)/b15-11+. The van der Waals surface area contributed by atoms with Crippen LogP contribution in [0, 0.1) is 11.3 Å². The minimum absolute atomic E-state index is 0.0395. The topological polar surface area (TPSA) is 80.6 Å². The van der Waals surface area contributed by atoms with Crippen LogP contribution < -0.4 is 19.5 Å². The first-order valence-corrected chi connectivity index (χ1v) is 7.99. The Hall–Kier alpha value is -3.46. The van der Waals surface area contributed by atoms with E-state index in [-0.39, 0.29) is 5.57 Å². The van der Waals surface area contributed by atoms with E-state index < -0.39 is 5.91 Å². The average Bonchev–Trinajstić information content (AvgIpc) is 2.67. The highest BCUT2D eigenvalue weighted by Crippen LogP contribution is 2.26. The van der Waals surface area contributed by atoms with Crippen molar-refractivity contribution in [2.45, 2.75) is 6.92 Å². The number of carbonyl (C=O) groups excluding carboxylic acids is 1. The fourth-order valence-corrected chi connectivity index (χ4v) is 2.24. The van der Waals surface area contributed by atoms with Crippen molar-refractivity contribution in [1.82, 2.24) is 0 Å². The van der Waals surface area contributed by atoms with E-state index in [2.05, 4.69) is 5.32 Å². The van der Waals surface area contributed by atoms with Gasteiger partial charge in [-0.25, -0.2) is 0 Å². The van der Waals surface area contributed by atoms with E-state index in [1.165, 1.54) is 13.2 Å². The van der Waals surface area contributed by atoms with E-state index in [9.17, 15) is 10.1 Å². The molecule has 0 saturated carbocycles. The average molecular weight is 352 g/mol. The predicted octanol–water partition coefficient (Wildman–Crippen LogP) is 3.65. The third-order valence-corrected chi connectivity index (χ3v) is 3.53. The SMILES string of the molecule is CCOc1ccc(NC(=O)/C(C#N)=C/c2ccc(OC)cc2OC)cc1. The molecule has 0 aliphatic carbocycles. The maximum atomic E-state index is 12.4. The van der Waals surface area contributed by atoms with Crippen molar-refractivity contribution < 1.29 is 19.0 Å². The number of carbonyl (C=O) groups is 1. The Morgan fingerprint density at radius 2 is 1.81 bits per heavy atom. The van der Waals surface area contributed by atoms with Crippen LogP contribution in [-0.2, 0) is 4.79 Å². The molecule has 0 heterocycles. The Morgan fingerprint density at radius 3 is 2.38 bits per heavy atom. The van der Waals surface area contributed by atoms with Crippen LogP contribution in [0.5, 0.6) is 17.2 Å². The van der Waals surface area contributed by atoms with Gasteiger partial charge in [0, 0.05) is 17.3 Å². The minimum atomic E-state index is -0.505. The van der Waals surface area contributed by atoms with Gasteiger partial charge in [-0.3, -0.25) is 4.79 Å². The Morgan fingerprint density at radius 1 is 1.12 bits per heavy atom. The second kappa shape index (κ2) is 9.14. The molecule has 0 saturated heterocycles. The molecule has 2 aromatic rings. The van der Waals surface area contributed by atoms with Gasteiger partial charge in [-0.2, -0.15) is 5.26 Å². The van der Waals surface area contributed by atoms with Gasteiger partial charge >= 0.3 is 0 Å². The molecule has 0 aliphatic heterocycles. The van der Waals surface area contributed by atoms with Gasteiger partial charge in [0.1, 0.15) is 28.9 Å². The fraction of sp³-hybridized carbons (Fsp3) is 0.200. The second-order valence-corrected chi connectivity index (χ2v) is 5.19. The monoisotopic (exact) mass is 352 g/mol. The maximum Gasteiger partial charge on any atom is 0.266 e. The van der Waals surface area contributed by atoms with Crippen LogP contribution in [0.4, 0.5) is 5.69 Å². The highest BCUT2D eigenvalue weighted by atomic mass is 16.5. The molecule has 0 bridgehead atoms. The molecule has 2 rings (SSSR count). The molecule has 1 amide bonds. The molecular formula is C20H20N2O4. The first-order valence-electron chi connectivity index (χ1n) is 7.99. The molecule has 0 unspecified atom stereocenters. The summed E-state index contributed by atoms with van der Waals surface area (Å²) in [6.07, 6.45) is 1.47. The molecule has 6 heteroatoms. The lowest BCUT2D eigenvalue weighted by Crippen LogP contribution is -2.13. The van der Waals surface area contributed by atoms with Crippen molar-refractivity contribution in [3.63, 3.8) is 0 Å². The summed E-state index contributed by atoms with van der Waals surface area (Å²) in [7, 11) is 3.06. The van der Waals surface area contributed by atoms with Crippen LogP contribution in [0.2, 0.25) is 0 Å². The number of nitrogens with one attached hydrogen (secondary N) is 1. The van der Waals surface area contributed by atoms with Gasteiger partial charge in [-0.15, -0.1) is 0 Å². The predicted molar refractivity (Wildman–Crippen MR) is 99.4 cm³/mol. The van der Waals surface area contributed by atoms with Gasteiger partial charge in [-0.05, 0) is 49.4 Å². The number of rotatable bonds is 7. The number of ether oxygens (including phenoxy) is 3. The number of hydrogen-bond acceptors (Lipinski definition) is 5. The van der Waals surface area contributed by atoms with E-state index in [1.807, 2.05) is 13.0 Å². The molecule has 0 aromatic heterocycles. The summed E-state index contributed by atoms with van der Waals surface area (Å²) in [6.45, 7) is 2.46. The summed E-state index contributed by atoms with van der Waals surface area (Å²) >= 11 is 0. The summed E-state index contributed by atoms with van der Waals surface area (Å²) in [4.78, 5) is 12.4. The normalized spacial score (nSPS) is 10.6. The molecule has 1 N–H and O–H groups in total. The maximum absolute atomic E-state index is 12.4. The van der Waals surface area contributed by atoms with Gasteiger partial charge in [0.15, 0.2) is 0 Å². The van der Waals surface area contributed by atoms with Gasteiger partial charge in [0.25, 0.3) is 5.91 Å². The van der Waals surface area contributed by atoms with Crippen LogP contribution in [0.1, 0.15) is 12.5 Å². The van der Waals surface area contributed by atoms with Crippen molar-refractivity contribution in [3.8, 4) is 23.3 Å². The number of amides is 1. The Bertz CT molecular complexity index is 836. The summed E-state index contributed by atoms with van der Waals surface area (Å²) in [5.74, 6) is 1.33. The van der Waals surface area contributed by atoms with Crippen LogP contribution in [0.15, 0.2) is 48.0 Å². The molecule has 134 valence electrons. The zero-order valence-electron chi connectivity index (χ0n) is 14.9. The van der Waals surface area contributed by atoms with Crippen molar-refractivity contribution in [3.05, 3.63) is 53.6 Å². The zero-order chi connectivity index (χ0) is 18.9. The quantitative estimate of drug-likeness (QED) is 0.608. The summed E-state index contributed by atoms with van der Waals surface area (Å²) in [5.41, 5.74) is 1.13. The van der Waals surface area contributed by atoms with Crippen molar-refractivity contribution in [2.75, 3.05) is 26.1 Å². The van der Waals surface area contributed by atoms with Crippen molar-refractivity contribution in [2.24, 2.45) is 0 Å². The molecule has 26 heavy (non-hydrogen) atoms. The molecule has 0 fully saturated rings. The number of methoxy groups -OCH3 is 2. The van der Waals surface area contributed by atoms with E-state index in [0.717, 1.165) is 0 Å². The number of anilines is 1. The van der Waals surface area contributed by atoms with Crippen LogP contribution in [0.25, 0.3) is 6.08 Å². The second-order valence-electron chi connectivity index (χ2n) is 5.19. The highest BCUT2D eigenvalue weighted by molar-refractivity contribution is 6.09. The first-order chi connectivity index (χ1) is 12.6. The lowest BCUT2D eigenvalue weighted by Gasteiger charge is -2.09. The van der Waals surface area contributed by atoms with Crippen molar-refractivity contribution >= 4 is 17.7 Å². The number of benzene rings is 2. The third kappa shape index (κ3) is 4.77. The van der Waals surface area contributed by atoms with E-state index in [0.29, 0.717) is 35.1 Å². The van der Waals surface area contributed by atoms with Crippen LogP contribution in [0.3, 0.4) is 0 Å². The van der Waals surface area contributed by atoms with Gasteiger partial charge in [-0.1, -0.05) is 0 Å². The van der Waals surface area contributed by atoms with Gasteiger partial charge in [0.2, 0.25) is 0 Å². The number of nitrogens with zero attached hydrogens (tertiary/aromatic N) is 1. The molecule has 0 spiro atoms. The number of nitriles is 1. The smallest absolute Gasteiger partial charge is 0.266 e. The van der Waals surface area contributed by atoms with Crippen molar-refractivity contribution in [1.29, 1.82) is 5.26 Å². The van der Waals surface area contributed by atoms with E-state index >= 15 is 0 Å². The van der Waals surface area contributed by atoms with Gasteiger partial charge < -0.3 is 19.5 Å². The molecule has 0 radical (unpaired) electrons. The molecule has 0 atom stereocenters. The molecule has 6 nitrogen and oxygen atoms in total. The van der Waals surface area contributed by atoms with Gasteiger partial charge in [0.05, 0.1) is 20.8 Å². The Balaban J connectivity index is 2.20. The number of hydrogen-bond donors (Lipinski definition) is 1. The fourth-order valence-electron chi connectivity index (χ4n) is 2.24. The largest absolute Gasteiger partial charge is 0.497 e. The highest BCUT2D eigenvalue weighted by Gasteiger charge is 2.12. The zero-order valence-corrected chi connectivity index (χ0v) is 14.9. The summed E-state index contributed by atoms with van der Waals surface area (Å²) in [5, 5.41) is 12.0. The van der Waals surface area contributed by atoms with E-state index in [1.54, 1.807) is 49.6 Å². The Kier molecular flexibility index (Phi) is 6.63. The first kappa shape index (κ1) is 18.9. The van der Waals surface area contributed by atoms with E-state index in [4.69, 9.17) is 14.2 Å². The molecular weight excluding hydrogens is 332 g/mol. The molecule has 2 aromatic carbocycles. The lowest BCUT2D eigenvalue weighted by atomic mass is 10.1. The summed E-state index contributed by atoms with van der Waals surface area (Å²) < 4.78 is 15.8. The van der Waals surface area contributed by atoms with Crippen LogP contribution >= 0.6 is 0 Å².